The molecule has 3 aromatic rings. The Bertz CT molecular complexity index is 861. The lowest BCUT2D eigenvalue weighted by molar-refractivity contribution is 0.443. The summed E-state index contributed by atoms with van der Waals surface area (Å²) in [6.45, 7) is 7.67. The first-order valence-electron chi connectivity index (χ1n) is 9.65. The minimum atomic E-state index is 0.790. The van der Waals surface area contributed by atoms with Gasteiger partial charge in [-0.05, 0) is 46.2 Å². The van der Waals surface area contributed by atoms with E-state index < -0.39 is 0 Å². The van der Waals surface area contributed by atoms with Crippen molar-refractivity contribution in [2.24, 2.45) is 0 Å². The lowest BCUT2D eigenvalue weighted by Gasteiger charge is -2.23. The van der Waals surface area contributed by atoms with Crippen LogP contribution in [0.25, 0.3) is 22.9 Å². The zero-order valence-corrected chi connectivity index (χ0v) is 15.5. The monoisotopic (exact) mass is 340 g/mol. The van der Waals surface area contributed by atoms with Gasteiger partial charge < -0.3 is 0 Å². The van der Waals surface area contributed by atoms with Crippen molar-refractivity contribution in [1.29, 1.82) is 0 Å². The molecule has 0 aromatic heterocycles. The van der Waals surface area contributed by atoms with E-state index in [-0.39, 0.29) is 0 Å². The molecular weight excluding hydrogens is 312 g/mol. The van der Waals surface area contributed by atoms with Gasteiger partial charge in [0.2, 0.25) is 0 Å². The Balaban J connectivity index is 0.000000152. The van der Waals surface area contributed by atoms with Gasteiger partial charge in [-0.3, -0.25) is 0 Å². The Morgan fingerprint density at radius 1 is 0.654 bits per heavy atom. The largest absolute Gasteiger partial charge is 0.0985 e. The van der Waals surface area contributed by atoms with Crippen molar-refractivity contribution in [1.82, 2.24) is 0 Å². The molecule has 1 aliphatic rings. The van der Waals surface area contributed by atoms with E-state index in [0.29, 0.717) is 0 Å². The summed E-state index contributed by atoms with van der Waals surface area (Å²) in [7, 11) is 0. The molecule has 0 heterocycles. The van der Waals surface area contributed by atoms with Crippen molar-refractivity contribution in [3.05, 3.63) is 96.6 Å². The van der Waals surface area contributed by atoms with Gasteiger partial charge in [0.1, 0.15) is 0 Å². The number of hydrogen-bond acceptors (Lipinski definition) is 0. The van der Waals surface area contributed by atoms with Gasteiger partial charge >= 0.3 is 0 Å². The number of rotatable bonds is 3. The molecule has 132 valence electrons. The van der Waals surface area contributed by atoms with Gasteiger partial charge in [0.15, 0.2) is 0 Å². The van der Waals surface area contributed by atoms with E-state index >= 15 is 0 Å². The fourth-order valence-electron chi connectivity index (χ4n) is 3.91. The van der Waals surface area contributed by atoms with Crippen LogP contribution in [0.3, 0.4) is 0 Å². The average molecular weight is 341 g/mol. The summed E-state index contributed by atoms with van der Waals surface area (Å²) >= 11 is 0. The SMILES string of the molecule is C=Cc1cccc2ccccc12.C=Cc1ccccc1C1CCCCC1. The normalized spacial score (nSPS) is 14.3. The molecule has 0 spiro atoms. The summed E-state index contributed by atoms with van der Waals surface area (Å²) in [5.74, 6) is 0.790. The maximum atomic E-state index is 3.89. The molecule has 0 nitrogen and oxygen atoms in total. The molecule has 1 fully saturated rings. The number of hydrogen-bond donors (Lipinski definition) is 0. The first kappa shape index (κ1) is 18.2. The van der Waals surface area contributed by atoms with Crippen LogP contribution in [0.15, 0.2) is 79.9 Å². The lowest BCUT2D eigenvalue weighted by Crippen LogP contribution is -2.05. The maximum Gasteiger partial charge on any atom is -0.0112 e. The fourth-order valence-corrected chi connectivity index (χ4v) is 3.91. The minimum Gasteiger partial charge on any atom is -0.0985 e. The molecule has 0 saturated heterocycles. The van der Waals surface area contributed by atoms with E-state index in [2.05, 4.69) is 79.9 Å². The highest BCUT2D eigenvalue weighted by molar-refractivity contribution is 5.90. The lowest BCUT2D eigenvalue weighted by atomic mass is 9.82. The van der Waals surface area contributed by atoms with Crippen LogP contribution in [0.1, 0.15) is 54.7 Å². The average Bonchev–Trinajstić information content (AvgIpc) is 2.74. The first-order chi connectivity index (χ1) is 12.8. The molecule has 0 heteroatoms. The maximum absolute atomic E-state index is 3.89. The predicted octanol–water partition coefficient (Wildman–Crippen LogP) is 7.86. The molecule has 4 rings (SSSR count). The molecule has 1 aliphatic carbocycles. The molecule has 0 atom stereocenters. The topological polar surface area (TPSA) is 0 Å². The first-order valence-corrected chi connectivity index (χ1v) is 9.65. The highest BCUT2D eigenvalue weighted by Gasteiger charge is 2.16. The van der Waals surface area contributed by atoms with Gasteiger partial charge in [0, 0.05) is 0 Å². The van der Waals surface area contributed by atoms with Crippen molar-refractivity contribution in [2.75, 3.05) is 0 Å². The van der Waals surface area contributed by atoms with Gasteiger partial charge in [0.05, 0.1) is 0 Å². The molecule has 1 saturated carbocycles. The van der Waals surface area contributed by atoms with Crippen LogP contribution < -0.4 is 0 Å². The van der Waals surface area contributed by atoms with Gasteiger partial charge in [-0.1, -0.05) is 111 Å². The van der Waals surface area contributed by atoms with E-state index in [1.807, 2.05) is 12.2 Å². The summed E-state index contributed by atoms with van der Waals surface area (Å²) in [6.07, 6.45) is 10.8. The highest BCUT2D eigenvalue weighted by atomic mass is 14.2. The molecular formula is C26H28. The van der Waals surface area contributed by atoms with Crippen molar-refractivity contribution in [3.8, 4) is 0 Å². The van der Waals surface area contributed by atoms with E-state index in [1.165, 1.54) is 59.6 Å². The fraction of sp³-hybridized carbons (Fsp3) is 0.231. The molecule has 26 heavy (non-hydrogen) atoms. The summed E-state index contributed by atoms with van der Waals surface area (Å²) in [5.41, 5.74) is 4.05. The second-order valence-corrected chi connectivity index (χ2v) is 6.94. The number of fused-ring (bicyclic) bond motifs is 1. The molecule has 0 N–H and O–H groups in total. The van der Waals surface area contributed by atoms with Gasteiger partial charge in [0.25, 0.3) is 0 Å². The zero-order valence-electron chi connectivity index (χ0n) is 15.5. The zero-order chi connectivity index (χ0) is 18.2. The second-order valence-electron chi connectivity index (χ2n) is 6.94. The van der Waals surface area contributed by atoms with E-state index in [1.54, 1.807) is 0 Å². The summed E-state index contributed by atoms with van der Waals surface area (Å²) in [6, 6.07) is 23.3. The quantitative estimate of drug-likeness (QED) is 0.455. The van der Waals surface area contributed by atoms with Crippen LogP contribution in [0.5, 0.6) is 0 Å². The van der Waals surface area contributed by atoms with E-state index in [0.717, 1.165) is 5.92 Å². The third-order valence-corrected chi connectivity index (χ3v) is 5.30. The summed E-state index contributed by atoms with van der Waals surface area (Å²) in [4.78, 5) is 0. The van der Waals surface area contributed by atoms with Crippen molar-refractivity contribution < 1.29 is 0 Å². The second kappa shape index (κ2) is 9.20. The van der Waals surface area contributed by atoms with Crippen molar-refractivity contribution in [3.63, 3.8) is 0 Å². The van der Waals surface area contributed by atoms with E-state index in [4.69, 9.17) is 0 Å². The van der Waals surface area contributed by atoms with Crippen LogP contribution in [-0.4, -0.2) is 0 Å². The Labute approximate surface area is 157 Å². The smallest absolute Gasteiger partial charge is 0.0112 e. The van der Waals surface area contributed by atoms with Gasteiger partial charge in [-0.25, -0.2) is 0 Å². The van der Waals surface area contributed by atoms with Crippen LogP contribution in [0, 0.1) is 0 Å². The molecule has 3 aromatic carbocycles. The van der Waals surface area contributed by atoms with Crippen LogP contribution in [0.4, 0.5) is 0 Å². The van der Waals surface area contributed by atoms with E-state index in [9.17, 15) is 0 Å². The molecule has 0 amide bonds. The van der Waals surface area contributed by atoms with Crippen molar-refractivity contribution >= 4 is 22.9 Å². The van der Waals surface area contributed by atoms with Gasteiger partial charge in [-0.2, -0.15) is 0 Å². The Kier molecular flexibility index (Phi) is 6.44. The van der Waals surface area contributed by atoms with Crippen LogP contribution >= 0.6 is 0 Å². The molecule has 0 bridgehead atoms. The third-order valence-electron chi connectivity index (χ3n) is 5.30. The Morgan fingerprint density at radius 3 is 2.04 bits per heavy atom. The third kappa shape index (κ3) is 4.32. The van der Waals surface area contributed by atoms with Crippen molar-refractivity contribution in [2.45, 2.75) is 38.0 Å². The molecule has 0 unspecified atom stereocenters. The predicted molar refractivity (Wildman–Crippen MR) is 116 cm³/mol. The summed E-state index contributed by atoms with van der Waals surface area (Å²) < 4.78 is 0. The molecule has 0 radical (unpaired) electrons. The van der Waals surface area contributed by atoms with Crippen LogP contribution in [-0.2, 0) is 0 Å². The Hall–Kier alpha value is -2.60. The number of benzene rings is 3. The minimum absolute atomic E-state index is 0.790. The van der Waals surface area contributed by atoms with Gasteiger partial charge in [-0.15, -0.1) is 0 Å². The molecule has 0 aliphatic heterocycles. The standard InChI is InChI=1S/C14H18.C12H10/c1-2-12-8-6-7-11-14(12)13-9-4-3-5-10-13;1-2-10-7-5-8-11-6-3-4-9-12(10)11/h2,6-8,11,13H,1,3-5,9-10H2;2-9H,1H2. The summed E-state index contributed by atoms with van der Waals surface area (Å²) in [5, 5.41) is 2.55. The van der Waals surface area contributed by atoms with Crippen LogP contribution in [0.2, 0.25) is 0 Å². The Morgan fingerprint density at radius 2 is 1.27 bits per heavy atom. The highest BCUT2D eigenvalue weighted by Crippen LogP contribution is 2.34.